The number of rotatable bonds is 5. The Hall–Kier alpha value is -2.32. The van der Waals surface area contributed by atoms with Crippen molar-refractivity contribution in [2.75, 3.05) is 39.2 Å². The van der Waals surface area contributed by atoms with Gasteiger partial charge in [0.25, 0.3) is 5.91 Å². The highest BCUT2D eigenvalue weighted by molar-refractivity contribution is 6.04. The highest BCUT2D eigenvalue weighted by Crippen LogP contribution is 2.33. The number of piperidine rings is 1. The molecule has 1 aromatic carbocycles. The van der Waals surface area contributed by atoms with Gasteiger partial charge in [-0.3, -0.25) is 4.79 Å². The fourth-order valence-electron chi connectivity index (χ4n) is 3.02. The third-order valence-corrected chi connectivity index (χ3v) is 4.37. The number of amides is 1. The number of halogens is 2. The molecule has 1 atom stereocenters. The Morgan fingerprint density at radius 1 is 1.44 bits per heavy atom. The van der Waals surface area contributed by atoms with Gasteiger partial charge < -0.3 is 24.8 Å². The molecule has 9 heteroatoms. The van der Waals surface area contributed by atoms with Gasteiger partial charge in [-0.1, -0.05) is 5.16 Å². The highest BCUT2D eigenvalue weighted by atomic mass is 35.5. The van der Waals surface area contributed by atoms with Crippen molar-refractivity contribution in [3.8, 4) is 17.1 Å². The first-order valence-corrected chi connectivity index (χ1v) is 8.53. The zero-order valence-corrected chi connectivity index (χ0v) is 16.4. The van der Waals surface area contributed by atoms with Crippen molar-refractivity contribution < 1.29 is 18.4 Å². The Labute approximate surface area is 163 Å². The number of ether oxygens (including phenoxy) is 1. The minimum absolute atomic E-state index is 0. The quantitative estimate of drug-likeness (QED) is 0.805. The lowest BCUT2D eigenvalue weighted by Crippen LogP contribution is -2.45. The SMILES string of the molecule is COc1cc(-c2onc(N(C)C)c2C(=O)N[C@H]2CCCNC2)ccc1F.Cl. The molecule has 0 bridgehead atoms. The van der Waals surface area contributed by atoms with Crippen molar-refractivity contribution in [3.63, 3.8) is 0 Å². The molecule has 0 saturated carbocycles. The molecule has 27 heavy (non-hydrogen) atoms. The number of nitrogens with one attached hydrogen (secondary N) is 2. The Morgan fingerprint density at radius 3 is 2.85 bits per heavy atom. The summed E-state index contributed by atoms with van der Waals surface area (Å²) in [6.07, 6.45) is 1.93. The summed E-state index contributed by atoms with van der Waals surface area (Å²) >= 11 is 0. The zero-order valence-electron chi connectivity index (χ0n) is 15.5. The molecule has 7 nitrogen and oxygen atoms in total. The van der Waals surface area contributed by atoms with E-state index < -0.39 is 5.82 Å². The van der Waals surface area contributed by atoms with Gasteiger partial charge in [0.15, 0.2) is 23.1 Å². The van der Waals surface area contributed by atoms with Gasteiger partial charge in [0.05, 0.1) is 7.11 Å². The van der Waals surface area contributed by atoms with Gasteiger partial charge >= 0.3 is 0 Å². The lowest BCUT2D eigenvalue weighted by Gasteiger charge is -2.24. The van der Waals surface area contributed by atoms with Crippen molar-refractivity contribution in [2.45, 2.75) is 18.9 Å². The van der Waals surface area contributed by atoms with Crippen LogP contribution in [0.2, 0.25) is 0 Å². The molecule has 1 amide bonds. The van der Waals surface area contributed by atoms with Crippen molar-refractivity contribution in [1.82, 2.24) is 15.8 Å². The van der Waals surface area contributed by atoms with Crippen LogP contribution >= 0.6 is 12.4 Å². The maximum Gasteiger partial charge on any atom is 0.259 e. The highest BCUT2D eigenvalue weighted by Gasteiger charge is 2.28. The predicted molar refractivity (Wildman–Crippen MR) is 103 cm³/mol. The van der Waals surface area contributed by atoms with Gasteiger partial charge in [-0.05, 0) is 37.6 Å². The van der Waals surface area contributed by atoms with Crippen LogP contribution in [0.1, 0.15) is 23.2 Å². The minimum Gasteiger partial charge on any atom is -0.494 e. The summed E-state index contributed by atoms with van der Waals surface area (Å²) in [5, 5.41) is 10.3. The van der Waals surface area contributed by atoms with E-state index in [0.29, 0.717) is 16.9 Å². The average molecular weight is 399 g/mol. The number of carbonyl (C=O) groups excluding carboxylic acids is 1. The van der Waals surface area contributed by atoms with Crippen molar-refractivity contribution in [3.05, 3.63) is 29.6 Å². The maximum absolute atomic E-state index is 13.7. The fraction of sp³-hybridized carbons (Fsp3) is 0.444. The Kier molecular flexibility index (Phi) is 7.04. The van der Waals surface area contributed by atoms with Crippen LogP contribution in [0.5, 0.6) is 5.75 Å². The second-order valence-electron chi connectivity index (χ2n) is 6.47. The van der Waals surface area contributed by atoms with Gasteiger partial charge in [-0.2, -0.15) is 0 Å². The van der Waals surface area contributed by atoms with Gasteiger partial charge in [0.2, 0.25) is 0 Å². The summed E-state index contributed by atoms with van der Waals surface area (Å²) in [5.74, 6) is 0.0378. The number of anilines is 1. The molecule has 2 heterocycles. The molecule has 0 radical (unpaired) electrons. The molecule has 1 fully saturated rings. The van der Waals surface area contributed by atoms with E-state index in [0.717, 1.165) is 25.9 Å². The van der Waals surface area contributed by atoms with Crippen molar-refractivity contribution >= 4 is 24.1 Å². The number of hydrogen-bond donors (Lipinski definition) is 2. The average Bonchev–Trinajstić information content (AvgIpc) is 3.08. The van der Waals surface area contributed by atoms with Crippen LogP contribution in [0.15, 0.2) is 22.7 Å². The number of carbonyl (C=O) groups is 1. The summed E-state index contributed by atoms with van der Waals surface area (Å²) in [6.45, 7) is 1.69. The number of aromatic nitrogens is 1. The molecule has 0 aliphatic carbocycles. The molecular formula is C18H24ClFN4O3. The van der Waals surface area contributed by atoms with Gasteiger partial charge in [0.1, 0.15) is 5.56 Å². The first kappa shape index (κ1) is 21.0. The second-order valence-corrected chi connectivity index (χ2v) is 6.47. The van der Waals surface area contributed by atoms with E-state index in [2.05, 4.69) is 15.8 Å². The monoisotopic (exact) mass is 398 g/mol. The topological polar surface area (TPSA) is 79.6 Å². The maximum atomic E-state index is 13.7. The summed E-state index contributed by atoms with van der Waals surface area (Å²) < 4.78 is 24.2. The lowest BCUT2D eigenvalue weighted by atomic mass is 10.0. The van der Waals surface area contributed by atoms with E-state index in [1.807, 2.05) is 0 Å². The van der Waals surface area contributed by atoms with E-state index in [1.165, 1.54) is 25.3 Å². The van der Waals surface area contributed by atoms with Crippen molar-refractivity contribution in [2.24, 2.45) is 0 Å². The third-order valence-electron chi connectivity index (χ3n) is 4.37. The van der Waals surface area contributed by atoms with Crippen LogP contribution in [0.4, 0.5) is 10.2 Å². The van der Waals surface area contributed by atoms with Crippen LogP contribution in [0.3, 0.4) is 0 Å². The van der Waals surface area contributed by atoms with Crippen LogP contribution in [-0.2, 0) is 0 Å². The van der Waals surface area contributed by atoms with Gasteiger partial charge in [-0.15, -0.1) is 12.4 Å². The molecule has 1 saturated heterocycles. The molecule has 1 aliphatic rings. The molecule has 148 valence electrons. The molecule has 2 N–H and O–H groups in total. The summed E-state index contributed by atoms with van der Waals surface area (Å²) in [5.41, 5.74) is 0.852. The van der Waals surface area contributed by atoms with E-state index in [9.17, 15) is 9.18 Å². The molecule has 1 aromatic heterocycles. The standard InChI is InChI=1S/C18H23FN4O3.ClH/c1-23(2)17-15(18(24)21-12-5-4-8-20-10-12)16(26-22-17)11-6-7-13(19)14(9-11)25-3;/h6-7,9,12,20H,4-5,8,10H2,1-3H3,(H,21,24);1H/t12-;/m0./s1. The molecule has 0 spiro atoms. The lowest BCUT2D eigenvalue weighted by molar-refractivity contribution is 0.0931. The third kappa shape index (κ3) is 4.51. The molecule has 0 unspecified atom stereocenters. The van der Waals surface area contributed by atoms with Crippen LogP contribution in [0.25, 0.3) is 11.3 Å². The molecule has 2 aromatic rings. The van der Waals surface area contributed by atoms with E-state index in [4.69, 9.17) is 9.26 Å². The Morgan fingerprint density at radius 2 is 2.22 bits per heavy atom. The van der Waals surface area contributed by atoms with Crippen LogP contribution in [0, 0.1) is 5.82 Å². The van der Waals surface area contributed by atoms with Crippen molar-refractivity contribution in [1.29, 1.82) is 0 Å². The predicted octanol–water partition coefficient (Wildman–Crippen LogP) is 2.46. The molecular weight excluding hydrogens is 375 g/mol. The summed E-state index contributed by atoms with van der Waals surface area (Å²) in [4.78, 5) is 14.7. The van der Waals surface area contributed by atoms with E-state index in [-0.39, 0.29) is 35.9 Å². The smallest absolute Gasteiger partial charge is 0.259 e. The number of hydrogen-bond acceptors (Lipinski definition) is 6. The number of nitrogens with zero attached hydrogens (tertiary/aromatic N) is 2. The first-order chi connectivity index (χ1) is 12.5. The normalized spacial score (nSPS) is 16.4. The first-order valence-electron chi connectivity index (χ1n) is 8.53. The summed E-state index contributed by atoms with van der Waals surface area (Å²) in [6, 6.07) is 4.36. The van der Waals surface area contributed by atoms with Crippen LogP contribution < -0.4 is 20.3 Å². The molecule has 1 aliphatic heterocycles. The molecule has 3 rings (SSSR count). The van der Waals surface area contributed by atoms with Gasteiger partial charge in [0, 0.05) is 32.2 Å². The largest absolute Gasteiger partial charge is 0.494 e. The summed E-state index contributed by atoms with van der Waals surface area (Å²) in [7, 11) is 4.95. The fourth-order valence-corrected chi connectivity index (χ4v) is 3.02. The number of benzene rings is 1. The van der Waals surface area contributed by atoms with E-state index >= 15 is 0 Å². The Bertz CT molecular complexity index is 791. The Balaban J connectivity index is 0.00000261. The van der Waals surface area contributed by atoms with E-state index in [1.54, 1.807) is 19.0 Å². The van der Waals surface area contributed by atoms with Crippen LogP contribution in [-0.4, -0.2) is 51.4 Å². The number of methoxy groups -OCH3 is 1. The van der Waals surface area contributed by atoms with Gasteiger partial charge in [-0.25, -0.2) is 4.39 Å². The minimum atomic E-state index is -0.483. The second kappa shape index (κ2) is 9.05. The zero-order chi connectivity index (χ0) is 18.7.